The van der Waals surface area contributed by atoms with E-state index in [0.717, 1.165) is 0 Å². The number of hydrogen-bond acceptors (Lipinski definition) is 3. The minimum absolute atomic E-state index is 0.184. The molecule has 13 heavy (non-hydrogen) atoms. The Morgan fingerprint density at radius 2 is 2.23 bits per heavy atom. The van der Waals surface area contributed by atoms with Gasteiger partial charge in [-0.1, -0.05) is 6.08 Å². The van der Waals surface area contributed by atoms with Gasteiger partial charge < -0.3 is 16.6 Å². The second kappa shape index (κ2) is 3.96. The molecule has 0 aliphatic carbocycles. The fourth-order valence-corrected chi connectivity index (χ4v) is 1.18. The molecular formula is C10H14N2O. The van der Waals surface area contributed by atoms with Crippen LogP contribution < -0.4 is 11.5 Å². The third-order valence-corrected chi connectivity index (χ3v) is 1.87. The number of rotatable bonds is 3. The van der Waals surface area contributed by atoms with Crippen molar-refractivity contribution in [1.82, 2.24) is 0 Å². The van der Waals surface area contributed by atoms with Crippen molar-refractivity contribution in [1.29, 1.82) is 0 Å². The highest BCUT2D eigenvalue weighted by Gasteiger charge is 2.08. The molecule has 70 valence electrons. The van der Waals surface area contributed by atoms with Crippen LogP contribution in [0.4, 0.5) is 5.69 Å². The van der Waals surface area contributed by atoms with E-state index in [1.807, 2.05) is 0 Å². The van der Waals surface area contributed by atoms with Gasteiger partial charge in [-0.15, -0.1) is 6.58 Å². The molecule has 0 aliphatic rings. The summed E-state index contributed by atoms with van der Waals surface area (Å²) in [5, 5.41) is 9.46. The summed E-state index contributed by atoms with van der Waals surface area (Å²) in [7, 11) is 0. The highest BCUT2D eigenvalue weighted by Crippen LogP contribution is 2.26. The average Bonchev–Trinajstić information content (AvgIpc) is 2.09. The monoisotopic (exact) mass is 178 g/mol. The number of hydrogen-bond donors (Lipinski definition) is 3. The topological polar surface area (TPSA) is 72.3 Å². The Bertz CT molecular complexity index is 310. The highest BCUT2D eigenvalue weighted by molar-refractivity contribution is 5.48. The van der Waals surface area contributed by atoms with Crippen LogP contribution in [0.1, 0.15) is 18.0 Å². The largest absolute Gasteiger partial charge is 0.508 e. The molecule has 1 rings (SSSR count). The molecule has 3 nitrogen and oxygen atoms in total. The zero-order chi connectivity index (χ0) is 9.84. The van der Waals surface area contributed by atoms with Gasteiger partial charge in [0.05, 0.1) is 0 Å². The Labute approximate surface area is 77.7 Å². The first-order valence-electron chi connectivity index (χ1n) is 4.10. The van der Waals surface area contributed by atoms with Crippen molar-refractivity contribution in [3.63, 3.8) is 0 Å². The van der Waals surface area contributed by atoms with Gasteiger partial charge in [-0.3, -0.25) is 0 Å². The van der Waals surface area contributed by atoms with Crippen LogP contribution in [-0.4, -0.2) is 5.11 Å². The lowest BCUT2D eigenvalue weighted by Crippen LogP contribution is -2.09. The van der Waals surface area contributed by atoms with Gasteiger partial charge in [-0.2, -0.15) is 0 Å². The Morgan fingerprint density at radius 1 is 1.54 bits per heavy atom. The predicted molar refractivity (Wildman–Crippen MR) is 54.3 cm³/mol. The smallest absolute Gasteiger partial charge is 0.120 e. The van der Waals surface area contributed by atoms with E-state index in [-0.39, 0.29) is 11.8 Å². The Kier molecular flexibility index (Phi) is 2.93. The van der Waals surface area contributed by atoms with Crippen molar-refractivity contribution in [2.45, 2.75) is 12.5 Å². The molecule has 0 heterocycles. The standard InChI is InChI=1S/C10H14N2O/c1-2-3-9(12)8-6-7(11)4-5-10(8)13/h2,4-6,9,13H,1,3,11-12H2. The quantitative estimate of drug-likeness (QED) is 0.373. The van der Waals surface area contributed by atoms with Gasteiger partial charge in [0.2, 0.25) is 0 Å². The Morgan fingerprint density at radius 3 is 2.85 bits per heavy atom. The number of aromatic hydroxyl groups is 1. The molecule has 5 N–H and O–H groups in total. The molecule has 1 aromatic carbocycles. The van der Waals surface area contributed by atoms with Gasteiger partial charge in [0, 0.05) is 17.3 Å². The minimum atomic E-state index is -0.235. The minimum Gasteiger partial charge on any atom is -0.508 e. The van der Waals surface area contributed by atoms with E-state index in [0.29, 0.717) is 17.7 Å². The zero-order valence-electron chi connectivity index (χ0n) is 7.40. The van der Waals surface area contributed by atoms with E-state index in [1.54, 1.807) is 24.3 Å². The van der Waals surface area contributed by atoms with E-state index in [1.165, 1.54) is 0 Å². The maximum atomic E-state index is 9.46. The number of phenolic OH excluding ortho intramolecular Hbond substituents is 1. The molecule has 0 saturated carbocycles. The molecule has 0 spiro atoms. The van der Waals surface area contributed by atoms with Crippen LogP contribution in [-0.2, 0) is 0 Å². The van der Waals surface area contributed by atoms with Gasteiger partial charge in [-0.25, -0.2) is 0 Å². The molecule has 0 aliphatic heterocycles. The highest BCUT2D eigenvalue weighted by atomic mass is 16.3. The number of nitrogen functional groups attached to an aromatic ring is 1. The third-order valence-electron chi connectivity index (χ3n) is 1.87. The fourth-order valence-electron chi connectivity index (χ4n) is 1.18. The summed E-state index contributed by atoms with van der Waals surface area (Å²) < 4.78 is 0. The number of phenols is 1. The lowest BCUT2D eigenvalue weighted by molar-refractivity contribution is 0.462. The SMILES string of the molecule is C=CCC(N)c1cc(N)ccc1O. The summed E-state index contributed by atoms with van der Waals surface area (Å²) in [5.74, 6) is 0.184. The van der Waals surface area contributed by atoms with Gasteiger partial charge in [0.1, 0.15) is 5.75 Å². The first-order chi connectivity index (χ1) is 6.15. The third kappa shape index (κ3) is 2.23. The number of nitrogens with two attached hydrogens (primary N) is 2. The molecule has 3 heteroatoms. The van der Waals surface area contributed by atoms with Crippen molar-refractivity contribution >= 4 is 5.69 Å². The van der Waals surface area contributed by atoms with E-state index in [4.69, 9.17) is 11.5 Å². The van der Waals surface area contributed by atoms with Crippen molar-refractivity contribution in [2.24, 2.45) is 5.73 Å². The van der Waals surface area contributed by atoms with Crippen LogP contribution in [0.2, 0.25) is 0 Å². The van der Waals surface area contributed by atoms with Gasteiger partial charge in [-0.05, 0) is 24.6 Å². The first-order valence-corrected chi connectivity index (χ1v) is 4.10. The Balaban J connectivity index is 2.97. The average molecular weight is 178 g/mol. The summed E-state index contributed by atoms with van der Waals surface area (Å²) in [6, 6.07) is 4.64. The van der Waals surface area contributed by atoms with E-state index < -0.39 is 0 Å². The van der Waals surface area contributed by atoms with Crippen molar-refractivity contribution in [3.8, 4) is 5.75 Å². The molecule has 0 saturated heterocycles. The van der Waals surface area contributed by atoms with Crippen LogP contribution in [0.25, 0.3) is 0 Å². The summed E-state index contributed by atoms with van der Waals surface area (Å²) in [6.07, 6.45) is 2.34. The fraction of sp³-hybridized carbons (Fsp3) is 0.200. The number of benzene rings is 1. The van der Waals surface area contributed by atoms with Crippen molar-refractivity contribution < 1.29 is 5.11 Å². The molecule has 1 atom stereocenters. The van der Waals surface area contributed by atoms with Crippen molar-refractivity contribution in [3.05, 3.63) is 36.4 Å². The Hall–Kier alpha value is -1.48. The van der Waals surface area contributed by atoms with Crippen LogP contribution >= 0.6 is 0 Å². The zero-order valence-corrected chi connectivity index (χ0v) is 7.40. The molecule has 0 bridgehead atoms. The maximum absolute atomic E-state index is 9.46. The molecular weight excluding hydrogens is 164 g/mol. The summed E-state index contributed by atoms with van der Waals surface area (Å²) in [6.45, 7) is 3.59. The van der Waals surface area contributed by atoms with Gasteiger partial charge in [0.15, 0.2) is 0 Å². The second-order valence-corrected chi connectivity index (χ2v) is 2.95. The summed E-state index contributed by atoms with van der Waals surface area (Å²) >= 11 is 0. The van der Waals surface area contributed by atoms with Crippen LogP contribution in [0, 0.1) is 0 Å². The molecule has 0 aromatic heterocycles. The summed E-state index contributed by atoms with van der Waals surface area (Å²) in [4.78, 5) is 0. The predicted octanol–water partition coefficient (Wildman–Crippen LogP) is 1.55. The van der Waals surface area contributed by atoms with E-state index >= 15 is 0 Å². The molecule has 0 amide bonds. The number of anilines is 1. The lowest BCUT2D eigenvalue weighted by Gasteiger charge is -2.11. The molecule has 0 fully saturated rings. The maximum Gasteiger partial charge on any atom is 0.120 e. The molecule has 1 aromatic rings. The first kappa shape index (κ1) is 9.61. The second-order valence-electron chi connectivity index (χ2n) is 2.95. The van der Waals surface area contributed by atoms with Gasteiger partial charge in [0.25, 0.3) is 0 Å². The lowest BCUT2D eigenvalue weighted by atomic mass is 10.0. The van der Waals surface area contributed by atoms with E-state index in [9.17, 15) is 5.11 Å². The van der Waals surface area contributed by atoms with Crippen LogP contribution in [0.3, 0.4) is 0 Å². The van der Waals surface area contributed by atoms with Crippen LogP contribution in [0.5, 0.6) is 5.75 Å². The normalized spacial score (nSPS) is 12.4. The molecule has 0 radical (unpaired) electrons. The molecule has 1 unspecified atom stereocenters. The van der Waals surface area contributed by atoms with Crippen LogP contribution in [0.15, 0.2) is 30.9 Å². The van der Waals surface area contributed by atoms with E-state index in [2.05, 4.69) is 6.58 Å². The van der Waals surface area contributed by atoms with Crippen molar-refractivity contribution in [2.75, 3.05) is 5.73 Å². The summed E-state index contributed by atoms with van der Waals surface area (Å²) in [5.41, 5.74) is 12.6. The van der Waals surface area contributed by atoms with Gasteiger partial charge >= 0.3 is 0 Å².